The molecule has 1 saturated carbocycles. The summed E-state index contributed by atoms with van der Waals surface area (Å²) in [5.74, 6) is 0.603. The first-order valence-electron chi connectivity index (χ1n) is 9.59. The third kappa shape index (κ3) is 4.97. The average Bonchev–Trinajstić information content (AvgIpc) is 3.21. The summed E-state index contributed by atoms with van der Waals surface area (Å²) in [5.41, 5.74) is 1.23. The van der Waals surface area contributed by atoms with Gasteiger partial charge < -0.3 is 15.1 Å². The number of carbonyl (C=O) groups is 2. The van der Waals surface area contributed by atoms with Crippen LogP contribution in [0.1, 0.15) is 38.5 Å². The molecule has 3 rings (SSSR count). The van der Waals surface area contributed by atoms with Crippen LogP contribution in [-0.4, -0.2) is 49.4 Å². The highest BCUT2D eigenvalue weighted by Gasteiger charge is 2.23. The van der Waals surface area contributed by atoms with Gasteiger partial charge in [0.15, 0.2) is 0 Å². The quantitative estimate of drug-likeness (QED) is 0.807. The van der Waals surface area contributed by atoms with Crippen molar-refractivity contribution in [1.82, 2.24) is 10.2 Å². The number of nitrogens with one attached hydrogen (secondary N) is 1. The summed E-state index contributed by atoms with van der Waals surface area (Å²) in [6.45, 7) is 3.94. The molecule has 1 N–H and O–H groups in total. The Bertz CT molecular complexity index is 562. The van der Waals surface area contributed by atoms with Crippen molar-refractivity contribution < 1.29 is 9.59 Å². The monoisotopic (exact) mass is 343 g/mol. The first-order valence-corrected chi connectivity index (χ1v) is 9.59. The minimum atomic E-state index is 0.182. The fourth-order valence-corrected chi connectivity index (χ4v) is 3.79. The predicted octanol–water partition coefficient (Wildman–Crippen LogP) is 2.42. The molecule has 136 valence electrons. The van der Waals surface area contributed by atoms with Crippen molar-refractivity contribution in [2.24, 2.45) is 5.92 Å². The summed E-state index contributed by atoms with van der Waals surface area (Å²) >= 11 is 0. The van der Waals surface area contributed by atoms with E-state index >= 15 is 0 Å². The Hall–Kier alpha value is -2.04. The minimum Gasteiger partial charge on any atom is -0.368 e. The fourth-order valence-electron chi connectivity index (χ4n) is 3.79. The van der Waals surface area contributed by atoms with Gasteiger partial charge in [-0.25, -0.2) is 0 Å². The third-order valence-corrected chi connectivity index (χ3v) is 5.35. The van der Waals surface area contributed by atoms with E-state index < -0.39 is 0 Å². The van der Waals surface area contributed by atoms with E-state index in [1.165, 1.54) is 18.5 Å². The van der Waals surface area contributed by atoms with Crippen LogP contribution < -0.4 is 10.2 Å². The summed E-state index contributed by atoms with van der Waals surface area (Å²) in [6, 6.07) is 10.4. The van der Waals surface area contributed by atoms with E-state index in [2.05, 4.69) is 22.3 Å². The van der Waals surface area contributed by atoms with Gasteiger partial charge in [0.05, 0.1) is 0 Å². The maximum absolute atomic E-state index is 12.3. The molecule has 2 aliphatic rings. The topological polar surface area (TPSA) is 52.7 Å². The van der Waals surface area contributed by atoms with E-state index in [9.17, 15) is 9.59 Å². The molecule has 0 bridgehead atoms. The lowest BCUT2D eigenvalue weighted by Gasteiger charge is -2.36. The second kappa shape index (κ2) is 8.88. The number of amides is 2. The van der Waals surface area contributed by atoms with Gasteiger partial charge in [0.25, 0.3) is 0 Å². The van der Waals surface area contributed by atoms with Crippen molar-refractivity contribution in [2.45, 2.75) is 38.5 Å². The van der Waals surface area contributed by atoms with Crippen molar-refractivity contribution in [2.75, 3.05) is 37.6 Å². The lowest BCUT2D eigenvalue weighted by molar-refractivity contribution is -0.132. The number of para-hydroxylation sites is 1. The molecule has 0 radical (unpaired) electrons. The van der Waals surface area contributed by atoms with E-state index in [-0.39, 0.29) is 17.7 Å². The Balaban J connectivity index is 1.32. The zero-order chi connectivity index (χ0) is 17.5. The van der Waals surface area contributed by atoms with E-state index in [1.54, 1.807) is 0 Å². The van der Waals surface area contributed by atoms with Gasteiger partial charge in [0.2, 0.25) is 11.8 Å². The molecule has 0 atom stereocenters. The summed E-state index contributed by atoms with van der Waals surface area (Å²) in [4.78, 5) is 28.6. The molecule has 2 fully saturated rings. The van der Waals surface area contributed by atoms with Crippen LogP contribution in [-0.2, 0) is 9.59 Å². The van der Waals surface area contributed by atoms with Gasteiger partial charge in [0, 0.05) is 50.7 Å². The van der Waals surface area contributed by atoms with Gasteiger partial charge in [-0.3, -0.25) is 9.59 Å². The van der Waals surface area contributed by atoms with Crippen molar-refractivity contribution in [3.63, 3.8) is 0 Å². The summed E-state index contributed by atoms with van der Waals surface area (Å²) in [7, 11) is 0. The first kappa shape index (κ1) is 17.8. The number of hydrogen-bond acceptors (Lipinski definition) is 3. The highest BCUT2D eigenvalue weighted by Crippen LogP contribution is 2.24. The second-order valence-corrected chi connectivity index (χ2v) is 7.08. The standard InChI is InChI=1S/C20H29N3O2/c24-19(11-6-12-21-20(25)17-7-4-5-8-17)23-15-13-22(14-16-23)18-9-2-1-3-10-18/h1-3,9-10,17H,4-8,11-16H2,(H,21,25). The van der Waals surface area contributed by atoms with Crippen LogP contribution in [0.5, 0.6) is 0 Å². The molecule has 1 saturated heterocycles. The number of nitrogens with zero attached hydrogens (tertiary/aromatic N) is 2. The maximum Gasteiger partial charge on any atom is 0.223 e. The molecule has 1 aliphatic heterocycles. The largest absolute Gasteiger partial charge is 0.368 e. The summed E-state index contributed by atoms with van der Waals surface area (Å²) in [5, 5.41) is 2.99. The second-order valence-electron chi connectivity index (χ2n) is 7.08. The lowest BCUT2D eigenvalue weighted by atomic mass is 10.1. The Morgan fingerprint density at radius 2 is 1.68 bits per heavy atom. The highest BCUT2D eigenvalue weighted by molar-refractivity contribution is 5.79. The van der Waals surface area contributed by atoms with Crippen molar-refractivity contribution in [1.29, 1.82) is 0 Å². The number of hydrogen-bond donors (Lipinski definition) is 1. The molecule has 0 aromatic heterocycles. The molecule has 2 amide bonds. The highest BCUT2D eigenvalue weighted by atomic mass is 16.2. The normalized spacial score (nSPS) is 18.4. The molecule has 25 heavy (non-hydrogen) atoms. The third-order valence-electron chi connectivity index (χ3n) is 5.35. The Morgan fingerprint density at radius 3 is 2.36 bits per heavy atom. The number of rotatable bonds is 6. The molecule has 1 aliphatic carbocycles. The van der Waals surface area contributed by atoms with E-state index in [0.29, 0.717) is 13.0 Å². The fraction of sp³-hybridized carbons (Fsp3) is 0.600. The van der Waals surface area contributed by atoms with E-state index in [0.717, 1.165) is 45.4 Å². The van der Waals surface area contributed by atoms with Crippen LogP contribution in [0.2, 0.25) is 0 Å². The van der Waals surface area contributed by atoms with Crippen LogP contribution in [0.4, 0.5) is 5.69 Å². The van der Waals surface area contributed by atoms with Crippen molar-refractivity contribution in [3.8, 4) is 0 Å². The van der Waals surface area contributed by atoms with Crippen LogP contribution in [0, 0.1) is 5.92 Å². The molecule has 0 spiro atoms. The Labute approximate surface area is 150 Å². The molecular formula is C20H29N3O2. The maximum atomic E-state index is 12.3. The minimum absolute atomic E-state index is 0.182. The molecule has 5 heteroatoms. The van der Waals surface area contributed by atoms with Crippen LogP contribution >= 0.6 is 0 Å². The van der Waals surface area contributed by atoms with Crippen LogP contribution in [0.25, 0.3) is 0 Å². The number of piperazine rings is 1. The van der Waals surface area contributed by atoms with Crippen LogP contribution in [0.3, 0.4) is 0 Å². The van der Waals surface area contributed by atoms with Gasteiger partial charge in [-0.1, -0.05) is 31.0 Å². The zero-order valence-electron chi connectivity index (χ0n) is 15.0. The smallest absolute Gasteiger partial charge is 0.223 e. The van der Waals surface area contributed by atoms with Gasteiger partial charge in [0.1, 0.15) is 0 Å². The molecule has 5 nitrogen and oxygen atoms in total. The Morgan fingerprint density at radius 1 is 1.00 bits per heavy atom. The predicted molar refractivity (Wildman–Crippen MR) is 99.4 cm³/mol. The summed E-state index contributed by atoms with van der Waals surface area (Å²) in [6.07, 6.45) is 5.65. The van der Waals surface area contributed by atoms with Gasteiger partial charge >= 0.3 is 0 Å². The van der Waals surface area contributed by atoms with Gasteiger partial charge in [-0.05, 0) is 31.4 Å². The SMILES string of the molecule is O=C(NCCCC(=O)N1CCN(c2ccccc2)CC1)C1CCCC1. The number of carbonyl (C=O) groups excluding carboxylic acids is 2. The van der Waals surface area contributed by atoms with Gasteiger partial charge in [-0.15, -0.1) is 0 Å². The van der Waals surface area contributed by atoms with Crippen LogP contribution in [0.15, 0.2) is 30.3 Å². The average molecular weight is 343 g/mol. The zero-order valence-corrected chi connectivity index (χ0v) is 15.0. The molecule has 0 unspecified atom stereocenters. The molecular weight excluding hydrogens is 314 g/mol. The van der Waals surface area contributed by atoms with E-state index in [4.69, 9.17) is 0 Å². The Kier molecular flexibility index (Phi) is 6.31. The lowest BCUT2D eigenvalue weighted by Crippen LogP contribution is -2.48. The number of anilines is 1. The van der Waals surface area contributed by atoms with Crippen molar-refractivity contribution in [3.05, 3.63) is 30.3 Å². The number of benzene rings is 1. The molecule has 1 aromatic carbocycles. The van der Waals surface area contributed by atoms with Gasteiger partial charge in [-0.2, -0.15) is 0 Å². The molecule has 1 heterocycles. The van der Waals surface area contributed by atoms with E-state index in [1.807, 2.05) is 23.1 Å². The van der Waals surface area contributed by atoms with Crippen molar-refractivity contribution >= 4 is 17.5 Å². The summed E-state index contributed by atoms with van der Waals surface area (Å²) < 4.78 is 0. The molecule has 1 aromatic rings. The first-order chi connectivity index (χ1) is 12.2.